The van der Waals surface area contributed by atoms with Crippen molar-refractivity contribution in [3.05, 3.63) is 56.9 Å². The lowest BCUT2D eigenvalue weighted by atomic mass is 10.3. The van der Waals surface area contributed by atoms with Crippen molar-refractivity contribution in [2.75, 3.05) is 13.7 Å². The van der Waals surface area contributed by atoms with E-state index in [-0.39, 0.29) is 5.56 Å². The zero-order valence-electron chi connectivity index (χ0n) is 12.1. The summed E-state index contributed by atoms with van der Waals surface area (Å²) in [6, 6.07) is 9.28. The second-order valence-corrected chi connectivity index (χ2v) is 5.63. The molecule has 0 aliphatic carbocycles. The molecule has 0 saturated heterocycles. The Morgan fingerprint density at radius 1 is 1.19 bits per heavy atom. The SMILES string of the molecule is COc1ccc(OCCCn2cc(Br)cc(C)c2=O)cc1. The minimum absolute atomic E-state index is 0.0441. The molecule has 2 aromatic rings. The maximum absolute atomic E-state index is 11.9. The number of halogens is 1. The molecule has 112 valence electrons. The molecule has 1 heterocycles. The van der Waals surface area contributed by atoms with Crippen molar-refractivity contribution in [1.82, 2.24) is 4.57 Å². The quantitative estimate of drug-likeness (QED) is 0.749. The molecular formula is C16H18BrNO3. The van der Waals surface area contributed by atoms with Crippen molar-refractivity contribution in [2.45, 2.75) is 19.9 Å². The monoisotopic (exact) mass is 351 g/mol. The van der Waals surface area contributed by atoms with E-state index in [1.807, 2.05) is 43.5 Å². The molecule has 0 aliphatic rings. The Balaban J connectivity index is 1.86. The normalized spacial score (nSPS) is 10.4. The minimum Gasteiger partial charge on any atom is -0.497 e. The molecule has 21 heavy (non-hydrogen) atoms. The van der Waals surface area contributed by atoms with E-state index in [4.69, 9.17) is 9.47 Å². The Kier molecular flexibility index (Phi) is 5.44. The fourth-order valence-corrected chi connectivity index (χ4v) is 2.59. The van der Waals surface area contributed by atoms with Crippen LogP contribution in [0.5, 0.6) is 11.5 Å². The van der Waals surface area contributed by atoms with E-state index in [1.54, 1.807) is 11.7 Å². The third-order valence-electron chi connectivity index (χ3n) is 3.10. The molecule has 0 aliphatic heterocycles. The number of hydrogen-bond donors (Lipinski definition) is 0. The topological polar surface area (TPSA) is 40.5 Å². The number of aromatic nitrogens is 1. The molecule has 0 spiro atoms. The number of benzene rings is 1. The fourth-order valence-electron chi connectivity index (χ4n) is 2.00. The van der Waals surface area contributed by atoms with Crippen molar-refractivity contribution in [2.24, 2.45) is 0 Å². The van der Waals surface area contributed by atoms with Crippen molar-refractivity contribution < 1.29 is 9.47 Å². The lowest BCUT2D eigenvalue weighted by Crippen LogP contribution is -2.22. The zero-order chi connectivity index (χ0) is 15.2. The van der Waals surface area contributed by atoms with Gasteiger partial charge in [0.1, 0.15) is 11.5 Å². The number of nitrogens with zero attached hydrogens (tertiary/aromatic N) is 1. The van der Waals surface area contributed by atoms with Gasteiger partial charge in [0, 0.05) is 22.8 Å². The second kappa shape index (κ2) is 7.31. The largest absolute Gasteiger partial charge is 0.497 e. The number of ether oxygens (including phenoxy) is 2. The van der Waals surface area contributed by atoms with E-state index in [0.29, 0.717) is 13.2 Å². The van der Waals surface area contributed by atoms with E-state index < -0.39 is 0 Å². The smallest absolute Gasteiger partial charge is 0.253 e. The molecule has 1 aromatic heterocycles. The molecule has 5 heteroatoms. The first-order valence-corrected chi connectivity index (χ1v) is 7.53. The first-order chi connectivity index (χ1) is 10.1. The predicted octanol–water partition coefficient (Wildman–Crippen LogP) is 3.40. The average Bonchev–Trinajstić information content (AvgIpc) is 2.49. The number of hydrogen-bond acceptors (Lipinski definition) is 3. The Labute approximate surface area is 132 Å². The molecule has 0 fully saturated rings. The summed E-state index contributed by atoms with van der Waals surface area (Å²) in [5, 5.41) is 0. The number of pyridine rings is 1. The summed E-state index contributed by atoms with van der Waals surface area (Å²) >= 11 is 3.40. The van der Waals surface area contributed by atoms with Crippen LogP contribution in [0, 0.1) is 6.92 Å². The summed E-state index contributed by atoms with van der Waals surface area (Å²) in [6.07, 6.45) is 2.57. The van der Waals surface area contributed by atoms with Crippen LogP contribution >= 0.6 is 15.9 Å². The molecule has 0 saturated carbocycles. The van der Waals surface area contributed by atoms with Gasteiger partial charge in [-0.05, 0) is 59.6 Å². The summed E-state index contributed by atoms with van der Waals surface area (Å²) < 4.78 is 13.4. The lowest BCUT2D eigenvalue weighted by molar-refractivity contribution is 0.300. The van der Waals surface area contributed by atoms with Gasteiger partial charge < -0.3 is 14.0 Å². The van der Waals surface area contributed by atoms with Crippen molar-refractivity contribution in [3.8, 4) is 11.5 Å². The Bertz CT molecular complexity index is 650. The van der Waals surface area contributed by atoms with Gasteiger partial charge in [0.2, 0.25) is 0 Å². The highest BCUT2D eigenvalue weighted by Crippen LogP contribution is 2.17. The zero-order valence-corrected chi connectivity index (χ0v) is 13.7. The molecule has 0 bridgehead atoms. The maximum Gasteiger partial charge on any atom is 0.253 e. The summed E-state index contributed by atoms with van der Waals surface area (Å²) in [6.45, 7) is 3.01. The van der Waals surface area contributed by atoms with E-state index in [1.165, 1.54) is 0 Å². The summed E-state index contributed by atoms with van der Waals surface area (Å²) in [4.78, 5) is 11.9. The first-order valence-electron chi connectivity index (χ1n) is 6.73. The Morgan fingerprint density at radius 2 is 1.86 bits per heavy atom. The van der Waals surface area contributed by atoms with Crippen molar-refractivity contribution >= 4 is 15.9 Å². The van der Waals surface area contributed by atoms with Crippen LogP contribution in [-0.2, 0) is 6.54 Å². The fraction of sp³-hybridized carbons (Fsp3) is 0.312. The molecule has 0 N–H and O–H groups in total. The van der Waals surface area contributed by atoms with Crippen molar-refractivity contribution in [1.29, 1.82) is 0 Å². The highest BCUT2D eigenvalue weighted by atomic mass is 79.9. The van der Waals surface area contributed by atoms with Gasteiger partial charge in [0.05, 0.1) is 13.7 Å². The molecule has 0 atom stereocenters. The van der Waals surface area contributed by atoms with E-state index in [9.17, 15) is 4.79 Å². The Hall–Kier alpha value is -1.75. The third kappa shape index (κ3) is 4.36. The first kappa shape index (κ1) is 15.6. The van der Waals surface area contributed by atoms with Crippen molar-refractivity contribution in [3.63, 3.8) is 0 Å². The molecule has 0 unspecified atom stereocenters. The van der Waals surface area contributed by atoms with Gasteiger partial charge in [-0.3, -0.25) is 4.79 Å². The van der Waals surface area contributed by atoms with E-state index in [2.05, 4.69) is 15.9 Å². The molecule has 0 amide bonds. The lowest BCUT2D eigenvalue weighted by Gasteiger charge is -2.09. The highest BCUT2D eigenvalue weighted by Gasteiger charge is 2.02. The van der Waals surface area contributed by atoms with Crippen LogP contribution in [-0.4, -0.2) is 18.3 Å². The van der Waals surface area contributed by atoms with Gasteiger partial charge >= 0.3 is 0 Å². The van der Waals surface area contributed by atoms with Gasteiger partial charge in [0.15, 0.2) is 0 Å². The molecule has 4 nitrogen and oxygen atoms in total. The van der Waals surface area contributed by atoms with Gasteiger partial charge in [-0.15, -0.1) is 0 Å². The average molecular weight is 352 g/mol. The maximum atomic E-state index is 11.9. The van der Waals surface area contributed by atoms with Gasteiger partial charge in [-0.1, -0.05) is 0 Å². The molecule has 2 rings (SSSR count). The molecule has 1 aromatic carbocycles. The Morgan fingerprint density at radius 3 is 2.52 bits per heavy atom. The summed E-state index contributed by atoms with van der Waals surface area (Å²) in [7, 11) is 1.63. The highest BCUT2D eigenvalue weighted by molar-refractivity contribution is 9.10. The van der Waals surface area contributed by atoms with Crippen LogP contribution < -0.4 is 15.0 Å². The number of methoxy groups -OCH3 is 1. The van der Waals surface area contributed by atoms with Gasteiger partial charge in [-0.25, -0.2) is 0 Å². The van der Waals surface area contributed by atoms with Crippen LogP contribution in [0.3, 0.4) is 0 Å². The van der Waals surface area contributed by atoms with Crippen LogP contribution in [0.25, 0.3) is 0 Å². The van der Waals surface area contributed by atoms with Crippen LogP contribution in [0.4, 0.5) is 0 Å². The second-order valence-electron chi connectivity index (χ2n) is 4.72. The van der Waals surface area contributed by atoms with Gasteiger partial charge in [0.25, 0.3) is 5.56 Å². The molecular weight excluding hydrogens is 334 g/mol. The predicted molar refractivity (Wildman–Crippen MR) is 86.2 cm³/mol. The number of aryl methyl sites for hydroxylation is 2. The van der Waals surface area contributed by atoms with Gasteiger partial charge in [-0.2, -0.15) is 0 Å². The molecule has 0 radical (unpaired) electrons. The van der Waals surface area contributed by atoms with Crippen LogP contribution in [0.2, 0.25) is 0 Å². The summed E-state index contributed by atoms with van der Waals surface area (Å²) in [5.41, 5.74) is 0.781. The van der Waals surface area contributed by atoms with E-state index >= 15 is 0 Å². The van der Waals surface area contributed by atoms with Crippen LogP contribution in [0.15, 0.2) is 45.8 Å². The minimum atomic E-state index is 0.0441. The summed E-state index contributed by atoms with van der Waals surface area (Å²) in [5.74, 6) is 1.60. The third-order valence-corrected chi connectivity index (χ3v) is 3.54. The van der Waals surface area contributed by atoms with Crippen LogP contribution in [0.1, 0.15) is 12.0 Å². The number of rotatable bonds is 6. The van der Waals surface area contributed by atoms with E-state index in [0.717, 1.165) is 28.0 Å². The standard InChI is InChI=1S/C16H18BrNO3/c1-12-10-13(17)11-18(16(12)19)8-3-9-21-15-6-4-14(20-2)5-7-15/h4-7,10-11H,3,8-9H2,1-2H3.